The third-order valence-corrected chi connectivity index (χ3v) is 13.0. The quantitative estimate of drug-likeness (QED) is 0.0261. The fraction of sp³-hybridized carbons (Fsp3) is 0.603. The zero-order valence-electron chi connectivity index (χ0n) is 50.8. The van der Waals surface area contributed by atoms with Crippen molar-refractivity contribution in [1.82, 2.24) is 0 Å². The molecule has 79 heavy (non-hydrogen) atoms. The number of carbonyl (C=O) groups excluding carboxylic acids is 3. The van der Waals surface area contributed by atoms with Crippen LogP contribution in [-0.4, -0.2) is 37.2 Å². The topological polar surface area (TPSA) is 78.9 Å². The summed E-state index contributed by atoms with van der Waals surface area (Å²) in [6.45, 7) is 6.31. The van der Waals surface area contributed by atoms with Crippen molar-refractivity contribution in [3.8, 4) is 0 Å². The van der Waals surface area contributed by atoms with E-state index in [0.29, 0.717) is 19.3 Å². The highest BCUT2D eigenvalue weighted by molar-refractivity contribution is 5.71. The van der Waals surface area contributed by atoms with Crippen LogP contribution in [-0.2, 0) is 28.6 Å². The first kappa shape index (κ1) is 74.0. The van der Waals surface area contributed by atoms with Gasteiger partial charge in [0.05, 0.1) is 0 Å². The van der Waals surface area contributed by atoms with Crippen molar-refractivity contribution >= 4 is 17.9 Å². The molecule has 0 spiro atoms. The molecule has 0 aromatic rings. The second kappa shape index (κ2) is 65.5. The second-order valence-corrected chi connectivity index (χ2v) is 20.5. The van der Waals surface area contributed by atoms with Crippen LogP contribution in [0.3, 0.4) is 0 Å². The van der Waals surface area contributed by atoms with Gasteiger partial charge in [-0.25, -0.2) is 0 Å². The maximum absolute atomic E-state index is 12.9. The zero-order valence-corrected chi connectivity index (χ0v) is 50.8. The van der Waals surface area contributed by atoms with E-state index in [1.165, 1.54) is 103 Å². The van der Waals surface area contributed by atoms with Crippen molar-refractivity contribution in [1.29, 1.82) is 0 Å². The van der Waals surface area contributed by atoms with Gasteiger partial charge < -0.3 is 14.2 Å². The second-order valence-electron chi connectivity index (χ2n) is 20.5. The lowest BCUT2D eigenvalue weighted by Crippen LogP contribution is -2.30. The minimum absolute atomic E-state index is 0.131. The number of rotatable bonds is 56. The lowest BCUT2D eigenvalue weighted by molar-refractivity contribution is -0.166. The molecule has 6 heteroatoms. The molecule has 0 aromatic heterocycles. The van der Waals surface area contributed by atoms with Crippen LogP contribution in [0, 0.1) is 0 Å². The summed E-state index contributed by atoms with van der Waals surface area (Å²) in [5.41, 5.74) is 0. The summed E-state index contributed by atoms with van der Waals surface area (Å²) < 4.78 is 16.8. The number of carbonyl (C=O) groups is 3. The Bertz CT molecular complexity index is 1780. The fourth-order valence-electron chi connectivity index (χ4n) is 8.29. The van der Waals surface area contributed by atoms with Crippen LogP contribution in [0.15, 0.2) is 158 Å². The highest BCUT2D eigenvalue weighted by Gasteiger charge is 2.19. The molecule has 0 bridgehead atoms. The lowest BCUT2D eigenvalue weighted by atomic mass is 10.1. The minimum atomic E-state index is -0.837. The Morgan fingerprint density at radius 2 is 0.519 bits per heavy atom. The number of esters is 3. The SMILES string of the molecule is CC/C=C\C/C=C\C/C=C\C/C=C\C/C=C\C/C=C\CCCCC(=O)OCC(COC(=O)CC/C=C\C/C=C\C/C=C\C/C=C\C/C=C\C/C=C\CC)OC(=O)CCCCCCCCCCC/C=C\CCCCCCCCCC. The molecule has 0 aliphatic carbocycles. The average molecular weight is 1090 g/mol. The molecule has 0 fully saturated rings. The molecule has 0 aromatic carbocycles. The standard InChI is InChI=1S/C73H116O6/c1-4-7-10-13-16-19-22-25-28-31-34-36-39-42-45-48-51-54-57-60-63-66-72(75)78-69-70(68-77-71(74)65-62-59-56-53-50-47-44-41-38-33-30-27-24-21-18-15-12-9-6-3)79-73(76)67-64-61-58-55-52-49-46-43-40-37-35-32-29-26-23-20-17-14-11-8-5-2/h7,9-10,12,16,18-19,21,25,27-28,30,32,34-36,38,41-42,45,47,50-51,54,56,59,70H,4-6,8,11,13-15,17,20,22-24,26,29,31,33,37,39-40,43-44,46,48-49,52-53,55,57-58,60-69H2,1-3H3/b10-7-,12-9-,19-16-,21-18-,28-25-,30-27-,35-32-,36-34-,41-38-,45-42-,50-47-,54-51-,59-56-. The van der Waals surface area contributed by atoms with Gasteiger partial charge in [0, 0.05) is 19.3 Å². The highest BCUT2D eigenvalue weighted by atomic mass is 16.6. The Morgan fingerprint density at radius 3 is 0.886 bits per heavy atom. The number of hydrogen-bond donors (Lipinski definition) is 0. The van der Waals surface area contributed by atoms with Crippen LogP contribution in [0.2, 0.25) is 0 Å². The summed E-state index contributed by atoms with van der Waals surface area (Å²) in [4.78, 5) is 38.3. The first-order valence-corrected chi connectivity index (χ1v) is 32.0. The summed E-state index contributed by atoms with van der Waals surface area (Å²) in [5, 5.41) is 0. The predicted molar refractivity (Wildman–Crippen MR) is 343 cm³/mol. The first-order valence-electron chi connectivity index (χ1n) is 32.0. The minimum Gasteiger partial charge on any atom is -0.462 e. The van der Waals surface area contributed by atoms with E-state index >= 15 is 0 Å². The van der Waals surface area contributed by atoms with Gasteiger partial charge in [-0.15, -0.1) is 0 Å². The van der Waals surface area contributed by atoms with Gasteiger partial charge in [-0.3, -0.25) is 14.4 Å². The fourth-order valence-corrected chi connectivity index (χ4v) is 8.29. The number of allylic oxidation sites excluding steroid dienone is 26. The van der Waals surface area contributed by atoms with E-state index in [4.69, 9.17) is 14.2 Å². The number of unbranched alkanes of at least 4 members (excludes halogenated alkanes) is 19. The predicted octanol–water partition coefficient (Wildman–Crippen LogP) is 22.1. The normalized spacial score (nSPS) is 13.2. The van der Waals surface area contributed by atoms with Crippen LogP contribution >= 0.6 is 0 Å². The maximum atomic E-state index is 12.9. The van der Waals surface area contributed by atoms with Crippen LogP contribution in [0.1, 0.15) is 265 Å². The van der Waals surface area contributed by atoms with Crippen molar-refractivity contribution in [2.24, 2.45) is 0 Å². The number of hydrogen-bond acceptors (Lipinski definition) is 6. The Kier molecular flexibility index (Phi) is 61.4. The summed E-state index contributed by atoms with van der Waals surface area (Å²) in [6, 6.07) is 0. The largest absolute Gasteiger partial charge is 0.462 e. The lowest BCUT2D eigenvalue weighted by Gasteiger charge is -2.18. The molecule has 0 saturated carbocycles. The summed E-state index contributed by atoms with van der Waals surface area (Å²) in [6.07, 6.45) is 95.4. The van der Waals surface area contributed by atoms with Crippen molar-refractivity contribution in [3.63, 3.8) is 0 Å². The molecule has 1 atom stereocenters. The van der Waals surface area contributed by atoms with E-state index in [1.807, 2.05) is 6.08 Å². The van der Waals surface area contributed by atoms with E-state index in [0.717, 1.165) is 109 Å². The van der Waals surface area contributed by atoms with E-state index < -0.39 is 6.10 Å². The summed E-state index contributed by atoms with van der Waals surface area (Å²) >= 11 is 0. The smallest absolute Gasteiger partial charge is 0.306 e. The van der Waals surface area contributed by atoms with Crippen molar-refractivity contribution in [2.45, 2.75) is 271 Å². The average Bonchev–Trinajstić information content (AvgIpc) is 3.45. The van der Waals surface area contributed by atoms with Crippen molar-refractivity contribution in [2.75, 3.05) is 13.2 Å². The van der Waals surface area contributed by atoms with Gasteiger partial charge in [-0.2, -0.15) is 0 Å². The molecular formula is C73H116O6. The van der Waals surface area contributed by atoms with Gasteiger partial charge in [0.2, 0.25) is 0 Å². The van der Waals surface area contributed by atoms with Crippen molar-refractivity contribution < 1.29 is 28.6 Å². The molecule has 0 rings (SSSR count). The van der Waals surface area contributed by atoms with Crippen LogP contribution in [0.25, 0.3) is 0 Å². The first-order chi connectivity index (χ1) is 39.0. The van der Waals surface area contributed by atoms with Gasteiger partial charge in [0.15, 0.2) is 6.10 Å². The van der Waals surface area contributed by atoms with Crippen LogP contribution in [0.5, 0.6) is 0 Å². The van der Waals surface area contributed by atoms with Gasteiger partial charge in [0.1, 0.15) is 13.2 Å². The molecule has 0 N–H and O–H groups in total. The Hall–Kier alpha value is -4.97. The molecule has 1 unspecified atom stereocenters. The zero-order chi connectivity index (χ0) is 57.1. The molecule has 0 saturated heterocycles. The Balaban J connectivity index is 4.59. The third-order valence-electron chi connectivity index (χ3n) is 13.0. The van der Waals surface area contributed by atoms with E-state index in [9.17, 15) is 14.4 Å². The third kappa shape index (κ3) is 63.7. The van der Waals surface area contributed by atoms with E-state index in [-0.39, 0.29) is 44.0 Å². The summed E-state index contributed by atoms with van der Waals surface area (Å²) in [5.74, 6) is -1.06. The molecule has 0 aliphatic rings. The molecular weight excluding hydrogens is 973 g/mol. The van der Waals surface area contributed by atoms with Gasteiger partial charge in [-0.05, 0) is 135 Å². The van der Waals surface area contributed by atoms with Crippen LogP contribution < -0.4 is 0 Å². The van der Waals surface area contributed by atoms with Gasteiger partial charge in [-0.1, -0.05) is 269 Å². The van der Waals surface area contributed by atoms with Crippen molar-refractivity contribution in [3.05, 3.63) is 158 Å². The van der Waals surface area contributed by atoms with Gasteiger partial charge >= 0.3 is 17.9 Å². The summed E-state index contributed by atoms with van der Waals surface area (Å²) in [7, 11) is 0. The molecule has 0 heterocycles. The molecule has 6 nitrogen and oxygen atoms in total. The Morgan fingerprint density at radius 1 is 0.266 bits per heavy atom. The molecule has 0 aliphatic heterocycles. The molecule has 0 amide bonds. The van der Waals surface area contributed by atoms with Crippen LogP contribution in [0.4, 0.5) is 0 Å². The Labute approximate surface area is 486 Å². The monoisotopic (exact) mass is 1090 g/mol. The number of ether oxygens (including phenoxy) is 3. The maximum Gasteiger partial charge on any atom is 0.306 e. The molecule has 444 valence electrons. The van der Waals surface area contributed by atoms with E-state index in [1.54, 1.807) is 0 Å². The van der Waals surface area contributed by atoms with Gasteiger partial charge in [0.25, 0.3) is 0 Å². The van der Waals surface area contributed by atoms with E-state index in [2.05, 4.69) is 173 Å². The highest BCUT2D eigenvalue weighted by Crippen LogP contribution is 2.14. The molecule has 0 radical (unpaired) electrons.